The third-order valence-corrected chi connectivity index (χ3v) is 4.40. The number of thiazole rings is 1. The van der Waals surface area contributed by atoms with Crippen LogP contribution < -0.4 is 4.74 Å². The van der Waals surface area contributed by atoms with E-state index < -0.39 is 0 Å². The highest BCUT2D eigenvalue weighted by Gasteiger charge is 2.29. The zero-order chi connectivity index (χ0) is 13.9. The van der Waals surface area contributed by atoms with Crippen molar-refractivity contribution < 1.29 is 4.74 Å². The van der Waals surface area contributed by atoms with Crippen molar-refractivity contribution in [1.29, 1.82) is 5.26 Å². The predicted octanol–water partition coefficient (Wildman–Crippen LogP) is 3.82. The van der Waals surface area contributed by atoms with Crippen LogP contribution in [0.1, 0.15) is 39.9 Å². The lowest BCUT2D eigenvalue weighted by atomic mass is 10.2. The van der Waals surface area contributed by atoms with Gasteiger partial charge in [0.15, 0.2) is 0 Å². The standard InChI is InChI=1S/C16H16N2OS/c1-11-2-6-13(7-3-11)19-9-8-15-18-16(12-4-5-12)14(10-17)20-15/h2-3,6-7,12H,4-5,8-9H2,1H3. The molecule has 20 heavy (non-hydrogen) atoms. The first-order valence-corrected chi connectivity index (χ1v) is 7.67. The Morgan fingerprint density at radius 1 is 1.35 bits per heavy atom. The molecule has 0 bridgehead atoms. The molecule has 102 valence electrons. The summed E-state index contributed by atoms with van der Waals surface area (Å²) in [6.07, 6.45) is 3.12. The van der Waals surface area contributed by atoms with Crippen LogP contribution in [-0.4, -0.2) is 11.6 Å². The Labute approximate surface area is 122 Å². The number of nitriles is 1. The molecule has 1 heterocycles. The Morgan fingerprint density at radius 2 is 2.10 bits per heavy atom. The van der Waals surface area contributed by atoms with Crippen molar-refractivity contribution in [2.45, 2.75) is 32.1 Å². The molecular formula is C16H16N2OS. The van der Waals surface area contributed by atoms with Crippen molar-refractivity contribution in [2.75, 3.05) is 6.61 Å². The Morgan fingerprint density at radius 3 is 2.75 bits per heavy atom. The number of nitrogens with zero attached hydrogens (tertiary/aromatic N) is 2. The fourth-order valence-electron chi connectivity index (χ4n) is 2.09. The van der Waals surface area contributed by atoms with Crippen LogP contribution >= 0.6 is 11.3 Å². The van der Waals surface area contributed by atoms with Gasteiger partial charge in [-0.05, 0) is 31.9 Å². The van der Waals surface area contributed by atoms with E-state index in [1.807, 2.05) is 24.3 Å². The highest BCUT2D eigenvalue weighted by atomic mass is 32.1. The third kappa shape index (κ3) is 3.00. The second-order valence-electron chi connectivity index (χ2n) is 5.12. The highest BCUT2D eigenvalue weighted by molar-refractivity contribution is 7.12. The van der Waals surface area contributed by atoms with Gasteiger partial charge >= 0.3 is 0 Å². The SMILES string of the molecule is Cc1ccc(OCCc2nc(C3CC3)c(C#N)s2)cc1. The molecule has 0 spiro atoms. The molecule has 0 radical (unpaired) electrons. The van der Waals surface area contributed by atoms with Crippen molar-refractivity contribution in [1.82, 2.24) is 4.98 Å². The lowest BCUT2D eigenvalue weighted by Crippen LogP contribution is -2.01. The quantitative estimate of drug-likeness (QED) is 0.838. The minimum absolute atomic E-state index is 0.535. The molecule has 1 aliphatic rings. The molecule has 0 atom stereocenters. The zero-order valence-electron chi connectivity index (χ0n) is 11.4. The molecule has 0 saturated heterocycles. The summed E-state index contributed by atoms with van der Waals surface area (Å²) in [5.74, 6) is 1.42. The van der Waals surface area contributed by atoms with Gasteiger partial charge in [0, 0.05) is 12.3 Å². The molecule has 2 aromatic rings. The number of benzene rings is 1. The number of rotatable bonds is 5. The first-order chi connectivity index (χ1) is 9.76. The van der Waals surface area contributed by atoms with E-state index in [0.717, 1.165) is 27.7 Å². The van der Waals surface area contributed by atoms with Crippen LogP contribution in [-0.2, 0) is 6.42 Å². The first kappa shape index (κ1) is 13.1. The van der Waals surface area contributed by atoms with Crippen molar-refractivity contribution in [3.05, 3.63) is 45.4 Å². The lowest BCUT2D eigenvalue weighted by molar-refractivity contribution is 0.321. The molecule has 1 fully saturated rings. The van der Waals surface area contributed by atoms with Crippen LogP contribution in [0.5, 0.6) is 5.75 Å². The summed E-state index contributed by atoms with van der Waals surface area (Å²) < 4.78 is 5.71. The normalized spacial score (nSPS) is 14.0. The molecule has 1 saturated carbocycles. The van der Waals surface area contributed by atoms with E-state index >= 15 is 0 Å². The molecule has 0 aliphatic heterocycles. The van der Waals surface area contributed by atoms with E-state index in [-0.39, 0.29) is 0 Å². The molecule has 1 aromatic heterocycles. The van der Waals surface area contributed by atoms with Crippen LogP contribution in [0.15, 0.2) is 24.3 Å². The third-order valence-electron chi connectivity index (χ3n) is 3.37. The monoisotopic (exact) mass is 284 g/mol. The summed E-state index contributed by atoms with van der Waals surface area (Å²) in [6.45, 7) is 2.66. The lowest BCUT2D eigenvalue weighted by Gasteiger charge is -2.04. The number of hydrogen-bond acceptors (Lipinski definition) is 4. The number of ether oxygens (including phenoxy) is 1. The number of hydrogen-bond donors (Lipinski definition) is 0. The molecule has 0 unspecified atom stereocenters. The van der Waals surface area contributed by atoms with E-state index in [0.29, 0.717) is 12.5 Å². The van der Waals surface area contributed by atoms with Crippen LogP contribution in [0.25, 0.3) is 0 Å². The summed E-state index contributed by atoms with van der Waals surface area (Å²) in [5.41, 5.74) is 2.24. The minimum Gasteiger partial charge on any atom is -0.493 e. The predicted molar refractivity (Wildman–Crippen MR) is 79.2 cm³/mol. The van der Waals surface area contributed by atoms with E-state index in [1.54, 1.807) is 0 Å². The van der Waals surface area contributed by atoms with Gasteiger partial charge in [-0.15, -0.1) is 11.3 Å². The fourth-order valence-corrected chi connectivity index (χ4v) is 3.02. The average Bonchev–Trinajstić information content (AvgIpc) is 3.22. The highest BCUT2D eigenvalue weighted by Crippen LogP contribution is 2.42. The van der Waals surface area contributed by atoms with Gasteiger partial charge in [0.2, 0.25) is 0 Å². The average molecular weight is 284 g/mol. The molecular weight excluding hydrogens is 268 g/mol. The molecule has 4 heteroatoms. The number of aromatic nitrogens is 1. The maximum absolute atomic E-state index is 9.13. The Balaban J connectivity index is 1.58. The van der Waals surface area contributed by atoms with Crippen LogP contribution in [0.4, 0.5) is 0 Å². The van der Waals surface area contributed by atoms with Gasteiger partial charge in [0.1, 0.15) is 16.7 Å². The summed E-state index contributed by atoms with van der Waals surface area (Å²) in [4.78, 5) is 5.39. The zero-order valence-corrected chi connectivity index (χ0v) is 12.2. The van der Waals surface area contributed by atoms with Gasteiger partial charge in [-0.25, -0.2) is 4.98 Å². The van der Waals surface area contributed by atoms with E-state index in [1.165, 1.54) is 29.7 Å². The molecule has 3 rings (SSSR count). The maximum Gasteiger partial charge on any atom is 0.128 e. The van der Waals surface area contributed by atoms with Gasteiger partial charge in [-0.2, -0.15) is 5.26 Å². The first-order valence-electron chi connectivity index (χ1n) is 6.85. The van der Waals surface area contributed by atoms with Gasteiger partial charge in [-0.3, -0.25) is 0 Å². The van der Waals surface area contributed by atoms with Gasteiger partial charge < -0.3 is 4.74 Å². The summed E-state index contributed by atoms with van der Waals surface area (Å²) in [6, 6.07) is 10.3. The van der Waals surface area contributed by atoms with Gasteiger partial charge in [0.25, 0.3) is 0 Å². The van der Waals surface area contributed by atoms with Gasteiger partial charge in [0.05, 0.1) is 17.3 Å². The van der Waals surface area contributed by atoms with Crippen molar-refractivity contribution in [3.8, 4) is 11.8 Å². The van der Waals surface area contributed by atoms with Gasteiger partial charge in [-0.1, -0.05) is 17.7 Å². The molecule has 0 amide bonds. The Kier molecular flexibility index (Phi) is 3.70. The van der Waals surface area contributed by atoms with Crippen molar-refractivity contribution in [3.63, 3.8) is 0 Å². The molecule has 3 nitrogen and oxygen atoms in total. The topological polar surface area (TPSA) is 45.9 Å². The Bertz CT molecular complexity index is 635. The van der Waals surface area contributed by atoms with Crippen molar-refractivity contribution in [2.24, 2.45) is 0 Å². The second kappa shape index (κ2) is 5.64. The molecule has 0 N–H and O–H groups in total. The summed E-state index contributed by atoms with van der Waals surface area (Å²) in [5, 5.41) is 10.1. The van der Waals surface area contributed by atoms with E-state index in [2.05, 4.69) is 18.0 Å². The molecule has 1 aliphatic carbocycles. The van der Waals surface area contributed by atoms with E-state index in [4.69, 9.17) is 10.00 Å². The van der Waals surface area contributed by atoms with Crippen LogP contribution in [0.3, 0.4) is 0 Å². The van der Waals surface area contributed by atoms with E-state index in [9.17, 15) is 0 Å². The van der Waals surface area contributed by atoms with Crippen molar-refractivity contribution >= 4 is 11.3 Å². The largest absolute Gasteiger partial charge is 0.493 e. The smallest absolute Gasteiger partial charge is 0.128 e. The summed E-state index contributed by atoms with van der Waals surface area (Å²) >= 11 is 1.51. The van der Waals surface area contributed by atoms with Crippen LogP contribution in [0.2, 0.25) is 0 Å². The molecule has 1 aromatic carbocycles. The second-order valence-corrected chi connectivity index (χ2v) is 6.20. The fraction of sp³-hybridized carbons (Fsp3) is 0.375. The Hall–Kier alpha value is -1.86. The summed E-state index contributed by atoms with van der Waals surface area (Å²) in [7, 11) is 0. The van der Waals surface area contributed by atoms with Crippen LogP contribution in [0, 0.1) is 18.3 Å². The minimum atomic E-state index is 0.535. The maximum atomic E-state index is 9.13. The number of aryl methyl sites for hydroxylation is 1.